The average molecular weight is 1740 g/mol. The monoisotopic (exact) mass is 1740 g/mol. The van der Waals surface area contributed by atoms with E-state index in [0.717, 1.165) is 27.7 Å². The number of hydrogen-bond acceptors (Lipinski definition) is 48. The molecule has 46 atom stereocenters. The van der Waals surface area contributed by atoms with Crippen LogP contribution in [0.1, 0.15) is 27.7 Å². The number of aliphatic hydroxyl groups excluding tert-OH is 25. The molecule has 688 valence electrons. The quantitative estimate of drug-likeness (QED) is 0.0262. The Hall–Kier alpha value is -4.37. The molecule has 9 aliphatic rings. The average Bonchev–Trinajstić information content (AvgIpc) is 0.776. The number of carbonyl (C=O) groups is 5. The van der Waals surface area contributed by atoms with Crippen LogP contribution in [0.4, 0.5) is 0 Å². The summed E-state index contributed by atoms with van der Waals surface area (Å²) in [6, 6.07) is -8.55. The third kappa shape index (κ3) is 22.5. The number of aliphatic hydroxyl groups is 25. The SMILES string of the molecule is CC(=O)N[C@H]1[C@H](O[C@H]2[C@@H](O)[C@@H](CO)O[C@@H](O[C@H]3[C@H](O)[C@@H](NC(C)=O)[C@H](OC[C@H]4O[C@@H](O[C@H]5[C@H](O)[C@@H](NC(C)=O)[C@H](O[C@H]6[C@@H](O)[C@@H](CO)O[C@@H](O[C@H]7[C@H](O)[C@@H](O)[C@H](OC[C@@H](CO)NC=O)O[C@@H]7CO)[C@@H]6O)O[C@@H]5CO)[C@H](O)[C@@H](O[C@@H]5O[C@H](CO)[C@@H](O)[C@H](O)[C@H]5NC(C)=O)[C@H]4O)O[C@@H]3CO)[C@@H]2O)O[C@H](CO)[C@@H](O[C@@H]2O[C@H](CO)[C@H](O)[C@H](O)[C@H]2O)[C@@H]1O. The predicted octanol–water partition coefficient (Wildman–Crippen LogP) is -20.9. The molecule has 9 heterocycles. The summed E-state index contributed by atoms with van der Waals surface area (Å²) >= 11 is 0. The molecule has 0 aromatic rings. The van der Waals surface area contributed by atoms with Crippen molar-refractivity contribution in [3.63, 3.8) is 0 Å². The Labute approximate surface area is 674 Å². The zero-order chi connectivity index (χ0) is 87.6. The molecule has 0 saturated carbocycles. The second kappa shape index (κ2) is 44.2. The van der Waals surface area contributed by atoms with Crippen molar-refractivity contribution in [2.45, 2.75) is 310 Å². The van der Waals surface area contributed by atoms with E-state index in [2.05, 4.69) is 26.6 Å². The largest absolute Gasteiger partial charge is 0.394 e. The van der Waals surface area contributed by atoms with Gasteiger partial charge in [-0.25, -0.2) is 0 Å². The molecule has 53 heteroatoms. The molecular formula is C66H111N5O48. The van der Waals surface area contributed by atoms with Crippen LogP contribution in [-0.4, -0.2) is 513 Å². The van der Waals surface area contributed by atoms with Crippen LogP contribution in [-0.2, 0) is 109 Å². The van der Waals surface area contributed by atoms with E-state index in [9.17, 15) is 152 Å². The Bertz CT molecular complexity index is 3160. The zero-order valence-corrected chi connectivity index (χ0v) is 64.0. The zero-order valence-electron chi connectivity index (χ0n) is 64.0. The maximum Gasteiger partial charge on any atom is 0.217 e. The van der Waals surface area contributed by atoms with Gasteiger partial charge < -0.3 is 240 Å². The Morgan fingerprint density at radius 3 is 0.882 bits per heavy atom. The summed E-state index contributed by atoms with van der Waals surface area (Å²) in [7, 11) is 0. The van der Waals surface area contributed by atoms with Crippen molar-refractivity contribution in [1.82, 2.24) is 26.6 Å². The summed E-state index contributed by atoms with van der Waals surface area (Å²) in [5.41, 5.74) is 0. The molecule has 0 aromatic carbocycles. The van der Waals surface area contributed by atoms with Crippen molar-refractivity contribution >= 4 is 30.0 Å². The van der Waals surface area contributed by atoms with E-state index in [4.69, 9.17) is 85.3 Å². The van der Waals surface area contributed by atoms with Crippen molar-refractivity contribution in [3.05, 3.63) is 0 Å². The minimum absolute atomic E-state index is 0.248. The number of nitrogens with one attached hydrogen (secondary N) is 5. The highest BCUT2D eigenvalue weighted by Crippen LogP contribution is 2.40. The van der Waals surface area contributed by atoms with Crippen LogP contribution in [0.15, 0.2) is 0 Å². The van der Waals surface area contributed by atoms with Crippen LogP contribution < -0.4 is 26.6 Å². The van der Waals surface area contributed by atoms with Crippen molar-refractivity contribution in [2.75, 3.05) is 72.7 Å². The van der Waals surface area contributed by atoms with Crippen LogP contribution in [0.5, 0.6) is 0 Å². The summed E-state index contributed by atoms with van der Waals surface area (Å²) in [6.45, 7) is -7.01. The highest BCUT2D eigenvalue weighted by Gasteiger charge is 2.61. The lowest BCUT2D eigenvalue weighted by atomic mass is 9.94. The van der Waals surface area contributed by atoms with Gasteiger partial charge in [0.25, 0.3) is 0 Å². The van der Waals surface area contributed by atoms with Gasteiger partial charge in [0.15, 0.2) is 56.6 Å². The number of rotatable bonds is 35. The molecule has 5 amide bonds. The molecule has 9 aliphatic heterocycles. The third-order valence-corrected chi connectivity index (χ3v) is 21.3. The second-order valence-electron chi connectivity index (χ2n) is 29.6. The molecule has 0 unspecified atom stereocenters. The van der Waals surface area contributed by atoms with Crippen LogP contribution in [0.25, 0.3) is 0 Å². The Morgan fingerprint density at radius 2 is 0.538 bits per heavy atom. The molecule has 0 aromatic heterocycles. The van der Waals surface area contributed by atoms with Gasteiger partial charge in [-0.1, -0.05) is 0 Å². The van der Waals surface area contributed by atoms with Crippen LogP contribution in [0, 0.1) is 0 Å². The highest BCUT2D eigenvalue weighted by molar-refractivity contribution is 5.74. The number of hydrogen-bond donors (Lipinski definition) is 30. The van der Waals surface area contributed by atoms with Crippen molar-refractivity contribution in [3.8, 4) is 0 Å². The van der Waals surface area contributed by atoms with E-state index in [0.29, 0.717) is 0 Å². The van der Waals surface area contributed by atoms with Crippen molar-refractivity contribution in [2.24, 2.45) is 0 Å². The first kappa shape index (κ1) is 98.4. The lowest BCUT2D eigenvalue weighted by Crippen LogP contribution is -2.70. The number of ether oxygens (including phenoxy) is 18. The molecule has 0 radical (unpaired) electrons. The second-order valence-corrected chi connectivity index (χ2v) is 29.6. The fourth-order valence-electron chi connectivity index (χ4n) is 15.1. The van der Waals surface area contributed by atoms with Gasteiger partial charge >= 0.3 is 0 Å². The molecule has 0 spiro atoms. The number of amides is 5. The minimum atomic E-state index is -2.44. The Balaban J connectivity index is 0.951. The van der Waals surface area contributed by atoms with Gasteiger partial charge in [-0.05, 0) is 0 Å². The molecule has 9 rings (SSSR count). The van der Waals surface area contributed by atoms with Gasteiger partial charge in [-0.2, -0.15) is 0 Å². The first-order valence-electron chi connectivity index (χ1n) is 37.8. The normalized spacial score (nSPS) is 46.9. The maximum absolute atomic E-state index is 13.1. The molecular weight excluding hydrogens is 1630 g/mol. The smallest absolute Gasteiger partial charge is 0.217 e. The summed E-state index contributed by atoms with van der Waals surface area (Å²) in [5.74, 6) is -3.69. The lowest BCUT2D eigenvalue weighted by molar-refractivity contribution is -0.388. The number of carbonyl (C=O) groups excluding carboxylic acids is 5. The van der Waals surface area contributed by atoms with Gasteiger partial charge in [-0.15, -0.1) is 0 Å². The maximum atomic E-state index is 13.1. The molecule has 53 nitrogen and oxygen atoms in total. The molecule has 119 heavy (non-hydrogen) atoms. The van der Waals surface area contributed by atoms with Gasteiger partial charge in [-0.3, -0.25) is 24.0 Å². The Morgan fingerprint density at radius 1 is 0.277 bits per heavy atom. The Kier molecular flexibility index (Phi) is 36.5. The van der Waals surface area contributed by atoms with E-state index in [-0.39, 0.29) is 6.41 Å². The fraction of sp³-hybridized carbons (Fsp3) is 0.924. The highest BCUT2D eigenvalue weighted by atomic mass is 16.8. The fourth-order valence-corrected chi connectivity index (χ4v) is 15.1. The summed E-state index contributed by atoms with van der Waals surface area (Å²) < 4.78 is 106. The third-order valence-electron chi connectivity index (χ3n) is 21.3. The van der Waals surface area contributed by atoms with E-state index >= 15 is 0 Å². The van der Waals surface area contributed by atoms with Crippen LogP contribution in [0.3, 0.4) is 0 Å². The van der Waals surface area contributed by atoms with Crippen LogP contribution in [0.2, 0.25) is 0 Å². The summed E-state index contributed by atoms with van der Waals surface area (Å²) in [6.07, 6.45) is -83.0. The van der Waals surface area contributed by atoms with Crippen LogP contribution >= 0.6 is 0 Å². The minimum Gasteiger partial charge on any atom is -0.394 e. The van der Waals surface area contributed by atoms with Gasteiger partial charge in [0, 0.05) is 27.7 Å². The summed E-state index contributed by atoms with van der Waals surface area (Å²) in [4.78, 5) is 62.4. The van der Waals surface area contributed by atoms with E-state index in [1.807, 2.05) is 0 Å². The standard InChI is InChI=1S/C66H111N5O48/c1-17(82)68-31-40(91)35(86)22(6-73)104-59(31)119-57-39(90)30(112-66(50(57)101)115-53-28(12-79)110-61(34(43(53)94)71-20(4)85)118-56-38(89)25(9-76)107-65(49(56)100)116-54-29(13-80)111-62(47(98)45(54)96)102-14-21(5-72)67-16-81)15-103-58-32(69-18(2)83)41(92)51(26(10-77)108-58)114-64-48(99)55(37(88)24(8-75)106-64)117-60-33(70-19(3)84)42(93)52(27(11-78)109-60)113-63-46(97)44(95)36(87)23(7-74)105-63/h16,21-66,72-80,86-101H,5-15H2,1-4H3,(H,67,81)(H,68,82)(H,69,83)(H,70,84)(H,71,85)/t21-,22-,23-,24-,25-,26-,27-,28-,29-,30-,31-,32-,33-,34-,35-,36+,37+,38+,39+,40-,41-,42-,43-,44+,45-,46-,47-,48-,49-,50-,51-,52-,53-,54-,55+,56+,57+,58-,59+,60+,61+,62-,63+,64+,65+,66+/m1/s1. The van der Waals surface area contributed by atoms with Gasteiger partial charge in [0.1, 0.15) is 219 Å². The molecule has 0 bridgehead atoms. The van der Waals surface area contributed by atoms with E-state index in [1.165, 1.54) is 0 Å². The van der Waals surface area contributed by atoms with E-state index in [1.54, 1.807) is 0 Å². The van der Waals surface area contributed by atoms with E-state index < -0.39 is 378 Å². The van der Waals surface area contributed by atoms with Crippen molar-refractivity contribution < 1.29 is 237 Å². The molecule has 0 aliphatic carbocycles. The van der Waals surface area contributed by atoms with Crippen molar-refractivity contribution in [1.29, 1.82) is 0 Å². The molecule has 30 N–H and O–H groups in total. The molecule has 9 saturated heterocycles. The summed E-state index contributed by atoms with van der Waals surface area (Å²) in [5, 5.41) is 289. The molecule has 9 fully saturated rings. The van der Waals surface area contributed by atoms with Gasteiger partial charge in [0.2, 0.25) is 30.0 Å². The predicted molar refractivity (Wildman–Crippen MR) is 367 cm³/mol. The first-order valence-corrected chi connectivity index (χ1v) is 37.8. The topological polar surface area (TPSA) is 817 Å². The first-order chi connectivity index (χ1) is 56.5. The van der Waals surface area contributed by atoms with Gasteiger partial charge in [0.05, 0.1) is 78.7 Å². The lowest BCUT2D eigenvalue weighted by Gasteiger charge is -2.51.